The lowest BCUT2D eigenvalue weighted by atomic mass is 9.62. The standard InChI is InChI=1S/C34H23ClN2O5/c35-22-12-9-20(10-13-22)30(38)28-29(31(39)21-11-14-26-27(17-21)42-18-41-26)37-16-15-19-5-1-2-6-23(19)32(37)34(28)24-7-3-4-8-25(24)36-33(34)40/h1-17,28-29,32H,18H2,(H,36,40)/t28-,29+,32+,34+/m1/s1. The molecule has 4 aromatic carbocycles. The number of benzene rings is 4. The Balaban J connectivity index is 1.40. The van der Waals surface area contributed by atoms with Gasteiger partial charge < -0.3 is 19.7 Å². The number of rotatable bonds is 4. The number of Topliss-reactive ketones (excluding diaryl/α,β-unsaturated/α-hetero) is 2. The van der Waals surface area contributed by atoms with Crippen molar-refractivity contribution in [2.24, 2.45) is 5.92 Å². The SMILES string of the molecule is O=C(c1ccc2c(c1)OCO2)[C@@H]1[C@H](C(=O)c2ccc(Cl)cc2)[C@]2(C(=O)Nc3ccccc32)[C@@H]2c3ccccc3C=CN12. The molecule has 4 aliphatic heterocycles. The molecule has 42 heavy (non-hydrogen) atoms. The summed E-state index contributed by atoms with van der Waals surface area (Å²) in [7, 11) is 0. The fraction of sp³-hybridized carbons (Fsp3) is 0.147. The Bertz CT molecular complexity index is 1850. The van der Waals surface area contributed by atoms with Crippen molar-refractivity contribution in [1.82, 2.24) is 4.90 Å². The number of hydrogen-bond acceptors (Lipinski definition) is 6. The number of anilines is 1. The number of ether oxygens (including phenoxy) is 2. The van der Waals surface area contributed by atoms with Gasteiger partial charge in [0.15, 0.2) is 23.1 Å². The van der Waals surface area contributed by atoms with E-state index in [0.717, 1.165) is 11.1 Å². The van der Waals surface area contributed by atoms with Gasteiger partial charge in [-0.05, 0) is 71.3 Å². The molecule has 0 aliphatic carbocycles. The van der Waals surface area contributed by atoms with Crippen molar-refractivity contribution in [3.63, 3.8) is 0 Å². The Kier molecular flexibility index (Phi) is 5.37. The van der Waals surface area contributed by atoms with E-state index < -0.39 is 23.4 Å². The largest absolute Gasteiger partial charge is 0.454 e. The van der Waals surface area contributed by atoms with Gasteiger partial charge in [-0.3, -0.25) is 14.4 Å². The van der Waals surface area contributed by atoms with E-state index in [1.165, 1.54) is 0 Å². The Hall–Kier alpha value is -4.88. The fourth-order valence-electron chi connectivity index (χ4n) is 7.18. The maximum Gasteiger partial charge on any atom is 0.238 e. The average Bonchev–Trinajstić information content (AvgIpc) is 3.70. The molecule has 0 aromatic heterocycles. The van der Waals surface area contributed by atoms with Crippen molar-refractivity contribution in [3.8, 4) is 11.5 Å². The molecule has 0 bridgehead atoms. The topological polar surface area (TPSA) is 84.9 Å². The minimum Gasteiger partial charge on any atom is -0.454 e. The summed E-state index contributed by atoms with van der Waals surface area (Å²) in [6.07, 6.45) is 3.79. The summed E-state index contributed by atoms with van der Waals surface area (Å²) in [6.45, 7) is 0.0713. The van der Waals surface area contributed by atoms with Crippen molar-refractivity contribution >= 4 is 40.8 Å². The van der Waals surface area contributed by atoms with Crippen LogP contribution in [0.5, 0.6) is 11.5 Å². The van der Waals surface area contributed by atoms with E-state index in [9.17, 15) is 14.4 Å². The van der Waals surface area contributed by atoms with Crippen LogP contribution >= 0.6 is 11.6 Å². The molecule has 0 unspecified atom stereocenters. The zero-order valence-electron chi connectivity index (χ0n) is 22.1. The summed E-state index contributed by atoms with van der Waals surface area (Å²) in [6, 6.07) is 25.3. The highest BCUT2D eigenvalue weighted by molar-refractivity contribution is 6.30. The summed E-state index contributed by atoms with van der Waals surface area (Å²) in [5.74, 6) is -0.953. The predicted molar refractivity (Wildman–Crippen MR) is 157 cm³/mol. The molecule has 4 heterocycles. The number of carbonyl (C=O) groups excluding carboxylic acids is 3. The van der Waals surface area contributed by atoms with Crippen LogP contribution in [0.15, 0.2) is 97.2 Å². The van der Waals surface area contributed by atoms with Gasteiger partial charge in [0.1, 0.15) is 11.5 Å². The Morgan fingerprint density at radius 3 is 2.45 bits per heavy atom. The number of carbonyl (C=O) groups is 3. The minimum atomic E-state index is -1.40. The van der Waals surface area contributed by atoms with Crippen LogP contribution in [0, 0.1) is 5.92 Å². The number of halogens is 1. The van der Waals surface area contributed by atoms with E-state index in [4.69, 9.17) is 21.1 Å². The first kappa shape index (κ1) is 24.9. The van der Waals surface area contributed by atoms with Crippen LogP contribution in [0.25, 0.3) is 6.08 Å². The van der Waals surface area contributed by atoms with Gasteiger partial charge >= 0.3 is 0 Å². The van der Waals surface area contributed by atoms with E-state index in [2.05, 4.69) is 5.32 Å². The van der Waals surface area contributed by atoms with Crippen LogP contribution in [0.3, 0.4) is 0 Å². The van der Waals surface area contributed by atoms with Crippen molar-refractivity contribution in [2.75, 3.05) is 12.1 Å². The molecule has 4 aromatic rings. The number of ketones is 2. The maximum atomic E-state index is 14.8. The van der Waals surface area contributed by atoms with E-state index in [-0.39, 0.29) is 24.3 Å². The summed E-state index contributed by atoms with van der Waals surface area (Å²) in [5.41, 5.74) is 2.49. The lowest BCUT2D eigenvalue weighted by molar-refractivity contribution is -0.122. The monoisotopic (exact) mass is 574 g/mol. The molecule has 8 heteroatoms. The summed E-state index contributed by atoms with van der Waals surface area (Å²) >= 11 is 6.18. The van der Waals surface area contributed by atoms with Gasteiger partial charge in [-0.2, -0.15) is 0 Å². The van der Waals surface area contributed by atoms with Gasteiger partial charge in [0.25, 0.3) is 0 Å². The first-order chi connectivity index (χ1) is 20.5. The zero-order chi connectivity index (χ0) is 28.6. The van der Waals surface area contributed by atoms with Crippen molar-refractivity contribution in [3.05, 3.63) is 130 Å². The molecule has 206 valence electrons. The quantitative estimate of drug-likeness (QED) is 0.299. The van der Waals surface area contributed by atoms with Gasteiger partial charge in [0.05, 0.1) is 12.0 Å². The van der Waals surface area contributed by atoms with Gasteiger partial charge in [0.2, 0.25) is 12.7 Å². The molecule has 4 atom stereocenters. The van der Waals surface area contributed by atoms with Crippen LogP contribution in [-0.4, -0.2) is 35.2 Å². The fourth-order valence-corrected chi connectivity index (χ4v) is 7.31. The van der Waals surface area contributed by atoms with Crippen molar-refractivity contribution in [2.45, 2.75) is 17.5 Å². The van der Waals surface area contributed by atoms with E-state index in [1.54, 1.807) is 42.5 Å². The molecule has 1 saturated heterocycles. The molecule has 0 saturated carbocycles. The second kappa shape index (κ2) is 9.06. The van der Waals surface area contributed by atoms with Gasteiger partial charge in [-0.15, -0.1) is 0 Å². The highest BCUT2D eigenvalue weighted by Crippen LogP contribution is 2.62. The van der Waals surface area contributed by atoms with Gasteiger partial charge in [0, 0.05) is 28.0 Å². The van der Waals surface area contributed by atoms with Crippen LogP contribution in [0.4, 0.5) is 5.69 Å². The number of fused-ring (bicyclic) bond motifs is 7. The van der Waals surface area contributed by atoms with Crippen LogP contribution in [0.1, 0.15) is 43.4 Å². The molecule has 1 amide bonds. The van der Waals surface area contributed by atoms with Crippen LogP contribution in [0.2, 0.25) is 5.02 Å². The third-order valence-electron chi connectivity index (χ3n) is 8.91. The summed E-state index contributed by atoms with van der Waals surface area (Å²) in [4.78, 5) is 45.9. The zero-order valence-corrected chi connectivity index (χ0v) is 22.9. The second-order valence-electron chi connectivity index (χ2n) is 10.9. The predicted octanol–water partition coefficient (Wildman–Crippen LogP) is 6.05. The third kappa shape index (κ3) is 3.31. The number of nitrogens with one attached hydrogen (secondary N) is 1. The lowest BCUT2D eigenvalue weighted by Crippen LogP contribution is -2.49. The smallest absolute Gasteiger partial charge is 0.238 e. The number of nitrogens with zero attached hydrogens (tertiary/aromatic N) is 1. The molecule has 0 radical (unpaired) electrons. The molecule has 8 rings (SSSR count). The molecular weight excluding hydrogens is 552 g/mol. The van der Waals surface area contributed by atoms with Gasteiger partial charge in [-0.25, -0.2) is 0 Å². The average molecular weight is 575 g/mol. The highest BCUT2D eigenvalue weighted by Gasteiger charge is 2.70. The second-order valence-corrected chi connectivity index (χ2v) is 11.3. The van der Waals surface area contributed by atoms with Crippen LogP contribution in [-0.2, 0) is 10.2 Å². The number of amides is 1. The Labute approximate surface area is 246 Å². The highest BCUT2D eigenvalue weighted by atomic mass is 35.5. The third-order valence-corrected chi connectivity index (χ3v) is 9.16. The molecular formula is C34H23ClN2O5. The van der Waals surface area contributed by atoms with Crippen molar-refractivity contribution < 1.29 is 23.9 Å². The molecule has 7 nitrogen and oxygen atoms in total. The molecule has 1 N–H and O–H groups in total. The van der Waals surface area contributed by atoms with E-state index in [1.807, 2.05) is 65.7 Å². The maximum absolute atomic E-state index is 14.8. The lowest BCUT2D eigenvalue weighted by Gasteiger charge is -2.38. The van der Waals surface area contributed by atoms with Crippen molar-refractivity contribution in [1.29, 1.82) is 0 Å². The summed E-state index contributed by atoms with van der Waals surface area (Å²) in [5, 5.41) is 3.55. The molecule has 1 spiro atoms. The van der Waals surface area contributed by atoms with E-state index >= 15 is 0 Å². The Morgan fingerprint density at radius 1 is 0.857 bits per heavy atom. The number of para-hydroxylation sites is 1. The Morgan fingerprint density at radius 2 is 1.60 bits per heavy atom. The molecule has 4 aliphatic rings. The number of hydrogen-bond donors (Lipinski definition) is 1. The van der Waals surface area contributed by atoms with Gasteiger partial charge in [-0.1, -0.05) is 54.1 Å². The van der Waals surface area contributed by atoms with E-state index in [0.29, 0.717) is 38.9 Å². The first-order valence-electron chi connectivity index (χ1n) is 13.7. The molecule has 1 fully saturated rings. The normalized spacial score (nSPS) is 24.3. The summed E-state index contributed by atoms with van der Waals surface area (Å²) < 4.78 is 11.0. The van der Waals surface area contributed by atoms with Crippen LogP contribution < -0.4 is 14.8 Å². The minimum absolute atomic E-state index is 0.0713. The first-order valence-corrected chi connectivity index (χ1v) is 14.1.